The molecular weight excluding hydrogens is 384 g/mol. The number of hydrogen-bond acceptors (Lipinski definition) is 6. The second-order valence-electron chi connectivity index (χ2n) is 5.83. The fourth-order valence-electron chi connectivity index (χ4n) is 2.41. The van der Waals surface area contributed by atoms with E-state index in [9.17, 15) is 18.0 Å². The first-order valence-corrected chi connectivity index (χ1v) is 10.1. The van der Waals surface area contributed by atoms with Crippen LogP contribution in [-0.4, -0.2) is 33.3 Å². The predicted octanol–water partition coefficient (Wildman–Crippen LogP) is 2.01. The van der Waals surface area contributed by atoms with Crippen LogP contribution in [0.25, 0.3) is 0 Å². The van der Waals surface area contributed by atoms with Crippen molar-refractivity contribution in [1.82, 2.24) is 10.6 Å². The summed E-state index contributed by atoms with van der Waals surface area (Å²) >= 11 is 0. The molecule has 0 saturated carbocycles. The Hall–Kier alpha value is -3.33. The summed E-state index contributed by atoms with van der Waals surface area (Å²) in [5.41, 5.74) is 0. The molecule has 0 saturated heterocycles. The molecular formula is C19H18N2O6S. The first-order valence-electron chi connectivity index (χ1n) is 8.42. The average Bonchev–Trinajstić information content (AvgIpc) is 3.37. The van der Waals surface area contributed by atoms with Gasteiger partial charge in [-0.2, -0.15) is 0 Å². The molecule has 2 N–H and O–H groups in total. The molecule has 28 heavy (non-hydrogen) atoms. The van der Waals surface area contributed by atoms with Crippen LogP contribution >= 0.6 is 0 Å². The predicted molar refractivity (Wildman–Crippen MR) is 99.4 cm³/mol. The third-order valence-corrected chi connectivity index (χ3v) is 5.42. The number of hydrogen-bond donors (Lipinski definition) is 2. The van der Waals surface area contributed by atoms with Gasteiger partial charge in [0.25, 0.3) is 11.8 Å². The molecule has 3 aromatic rings. The molecule has 8 nitrogen and oxygen atoms in total. The summed E-state index contributed by atoms with van der Waals surface area (Å²) in [6.07, 6.45) is 1.39. The smallest absolute Gasteiger partial charge is 0.287 e. The molecule has 0 bridgehead atoms. The van der Waals surface area contributed by atoms with Crippen molar-refractivity contribution in [2.24, 2.45) is 0 Å². The Kier molecular flexibility index (Phi) is 5.95. The number of amides is 2. The van der Waals surface area contributed by atoms with E-state index < -0.39 is 15.7 Å². The van der Waals surface area contributed by atoms with E-state index in [2.05, 4.69) is 10.6 Å². The van der Waals surface area contributed by atoms with Crippen LogP contribution in [0.5, 0.6) is 0 Å². The Morgan fingerprint density at radius 2 is 1.50 bits per heavy atom. The molecule has 1 aromatic carbocycles. The number of sulfone groups is 1. The second-order valence-corrected chi connectivity index (χ2v) is 7.82. The fraction of sp³-hybridized carbons (Fsp3) is 0.158. The molecule has 0 spiro atoms. The van der Waals surface area contributed by atoms with Crippen LogP contribution < -0.4 is 10.6 Å². The molecule has 2 aromatic heterocycles. The van der Waals surface area contributed by atoms with Crippen molar-refractivity contribution in [3.8, 4) is 0 Å². The number of furan rings is 2. The van der Waals surface area contributed by atoms with Gasteiger partial charge in [0.15, 0.2) is 21.4 Å². The molecule has 0 aliphatic heterocycles. The first-order chi connectivity index (χ1) is 13.5. The molecule has 0 aliphatic carbocycles. The van der Waals surface area contributed by atoms with Crippen LogP contribution in [-0.2, 0) is 15.6 Å². The topological polar surface area (TPSA) is 119 Å². The maximum Gasteiger partial charge on any atom is 0.287 e. The zero-order valence-electron chi connectivity index (χ0n) is 14.8. The zero-order chi connectivity index (χ0) is 20.0. The van der Waals surface area contributed by atoms with E-state index in [1.807, 2.05) is 0 Å². The van der Waals surface area contributed by atoms with Gasteiger partial charge in [0.1, 0.15) is 11.5 Å². The number of carbonyl (C=O) groups is 2. The number of nitrogens with one attached hydrogen (secondary N) is 2. The van der Waals surface area contributed by atoms with Crippen LogP contribution in [0.3, 0.4) is 0 Å². The third-order valence-electron chi connectivity index (χ3n) is 3.76. The monoisotopic (exact) mass is 402 g/mol. The number of benzene rings is 1. The molecule has 146 valence electrons. The standard InChI is InChI=1S/C19H18N2O6S/c22-18(16-7-4-12-26-16)20-10-11-21-19(23)17-9-8-14(27-17)13-28(24,25)15-5-2-1-3-6-15/h1-9,12H,10-11,13H2,(H,20,22)(H,21,23). The van der Waals surface area contributed by atoms with E-state index in [1.165, 1.54) is 36.6 Å². The summed E-state index contributed by atoms with van der Waals surface area (Å²) in [4.78, 5) is 23.9. The lowest BCUT2D eigenvalue weighted by Crippen LogP contribution is -2.34. The van der Waals surface area contributed by atoms with E-state index in [1.54, 1.807) is 24.3 Å². The van der Waals surface area contributed by atoms with Crippen LogP contribution in [0.2, 0.25) is 0 Å². The van der Waals surface area contributed by atoms with Gasteiger partial charge in [0, 0.05) is 13.1 Å². The van der Waals surface area contributed by atoms with Crippen LogP contribution in [0.15, 0.2) is 74.6 Å². The van der Waals surface area contributed by atoms with E-state index in [4.69, 9.17) is 8.83 Å². The lowest BCUT2D eigenvalue weighted by molar-refractivity contribution is 0.0899. The van der Waals surface area contributed by atoms with Crippen molar-refractivity contribution < 1.29 is 26.8 Å². The number of carbonyl (C=O) groups excluding carboxylic acids is 2. The highest BCUT2D eigenvalue weighted by molar-refractivity contribution is 7.90. The van der Waals surface area contributed by atoms with E-state index in [0.29, 0.717) is 0 Å². The maximum atomic E-state index is 12.3. The summed E-state index contributed by atoms with van der Waals surface area (Å²) in [7, 11) is -3.56. The van der Waals surface area contributed by atoms with Crippen molar-refractivity contribution >= 4 is 21.7 Å². The van der Waals surface area contributed by atoms with E-state index in [0.717, 1.165) is 0 Å². The van der Waals surface area contributed by atoms with Gasteiger partial charge >= 0.3 is 0 Å². The van der Waals surface area contributed by atoms with Gasteiger partial charge in [-0.25, -0.2) is 8.42 Å². The Morgan fingerprint density at radius 3 is 2.14 bits per heavy atom. The highest BCUT2D eigenvalue weighted by Crippen LogP contribution is 2.18. The van der Waals surface area contributed by atoms with Gasteiger partial charge in [-0.05, 0) is 36.4 Å². The van der Waals surface area contributed by atoms with Gasteiger partial charge in [-0.1, -0.05) is 18.2 Å². The van der Waals surface area contributed by atoms with Gasteiger partial charge in [-0.15, -0.1) is 0 Å². The minimum atomic E-state index is -3.56. The van der Waals surface area contributed by atoms with Gasteiger partial charge in [0.2, 0.25) is 0 Å². The molecule has 2 amide bonds. The van der Waals surface area contributed by atoms with Gasteiger partial charge in [0.05, 0.1) is 11.2 Å². The largest absolute Gasteiger partial charge is 0.459 e. The average molecular weight is 402 g/mol. The zero-order valence-corrected chi connectivity index (χ0v) is 15.6. The normalized spacial score (nSPS) is 11.1. The quantitative estimate of drug-likeness (QED) is 0.557. The van der Waals surface area contributed by atoms with Crippen LogP contribution in [0.4, 0.5) is 0 Å². The number of rotatable bonds is 8. The summed E-state index contributed by atoms with van der Waals surface area (Å²) in [6, 6.07) is 14.0. The van der Waals surface area contributed by atoms with E-state index in [-0.39, 0.29) is 46.9 Å². The van der Waals surface area contributed by atoms with E-state index >= 15 is 0 Å². The summed E-state index contributed by atoms with van der Waals surface area (Å²) in [5.74, 6) is -0.887. The lowest BCUT2D eigenvalue weighted by Gasteiger charge is -2.05. The molecule has 2 heterocycles. The van der Waals surface area contributed by atoms with Crippen molar-refractivity contribution in [1.29, 1.82) is 0 Å². The summed E-state index contributed by atoms with van der Waals surface area (Å²) in [5, 5.41) is 5.17. The van der Waals surface area contributed by atoms with Crippen molar-refractivity contribution in [2.45, 2.75) is 10.6 Å². The highest BCUT2D eigenvalue weighted by atomic mass is 32.2. The second kappa shape index (κ2) is 8.57. The molecule has 0 unspecified atom stereocenters. The Balaban J connectivity index is 1.49. The first kappa shape index (κ1) is 19.4. The molecule has 0 aliphatic rings. The fourth-order valence-corrected chi connectivity index (χ4v) is 3.68. The van der Waals surface area contributed by atoms with Gasteiger partial charge < -0.3 is 19.5 Å². The lowest BCUT2D eigenvalue weighted by atomic mass is 10.4. The molecule has 0 fully saturated rings. The Morgan fingerprint density at radius 1 is 0.821 bits per heavy atom. The molecule has 3 rings (SSSR count). The SMILES string of the molecule is O=C(NCCNC(=O)c1ccc(CS(=O)(=O)c2ccccc2)o1)c1ccco1. The molecule has 9 heteroatoms. The third kappa shape index (κ3) is 4.89. The van der Waals surface area contributed by atoms with Crippen molar-refractivity contribution in [3.05, 3.63) is 78.1 Å². The maximum absolute atomic E-state index is 12.3. The molecule has 0 atom stereocenters. The Bertz CT molecular complexity index is 1040. The van der Waals surface area contributed by atoms with Crippen molar-refractivity contribution in [3.63, 3.8) is 0 Å². The van der Waals surface area contributed by atoms with Crippen molar-refractivity contribution in [2.75, 3.05) is 13.1 Å². The Labute approximate surface area is 161 Å². The van der Waals surface area contributed by atoms with Crippen LogP contribution in [0.1, 0.15) is 26.9 Å². The minimum absolute atomic E-state index is 0.00405. The van der Waals surface area contributed by atoms with Gasteiger partial charge in [-0.3, -0.25) is 9.59 Å². The highest BCUT2D eigenvalue weighted by Gasteiger charge is 2.19. The summed E-state index contributed by atoms with van der Waals surface area (Å²) in [6.45, 7) is 0.366. The summed E-state index contributed by atoms with van der Waals surface area (Å²) < 4.78 is 35.0. The molecule has 0 radical (unpaired) electrons. The minimum Gasteiger partial charge on any atom is -0.459 e. The van der Waals surface area contributed by atoms with Crippen LogP contribution in [0, 0.1) is 0 Å².